The molecule has 1 rings (SSSR count). The molecule has 1 aliphatic carbocycles. The van der Waals surface area contributed by atoms with Crippen molar-refractivity contribution < 1.29 is 8.78 Å². The van der Waals surface area contributed by atoms with Gasteiger partial charge in [-0.05, 0) is 90.7 Å². The van der Waals surface area contributed by atoms with Gasteiger partial charge in [0.25, 0.3) is 0 Å². The minimum absolute atomic E-state index is 0.0868. The number of nitrogens with zero attached hydrogens (tertiary/aromatic N) is 1. The lowest BCUT2D eigenvalue weighted by Gasteiger charge is -2.35. The first-order valence-corrected chi connectivity index (χ1v) is 12.7. The molecule has 0 spiro atoms. The van der Waals surface area contributed by atoms with E-state index >= 15 is 0 Å². The van der Waals surface area contributed by atoms with Crippen molar-refractivity contribution in [2.24, 2.45) is 22.6 Å². The molecule has 196 valence electrons. The quantitative estimate of drug-likeness (QED) is 0.190. The fraction of sp³-hybridized carbons (Fsp3) is 0.633. The van der Waals surface area contributed by atoms with Crippen LogP contribution < -0.4 is 5.73 Å². The minimum atomic E-state index is -2.52. The highest BCUT2D eigenvalue weighted by atomic mass is 19.3. The van der Waals surface area contributed by atoms with E-state index in [0.717, 1.165) is 43.7 Å². The Morgan fingerprint density at radius 2 is 1.71 bits per heavy atom. The van der Waals surface area contributed by atoms with E-state index in [-0.39, 0.29) is 6.42 Å². The predicted molar refractivity (Wildman–Crippen MR) is 150 cm³/mol. The van der Waals surface area contributed by atoms with Gasteiger partial charge in [-0.2, -0.15) is 0 Å². The van der Waals surface area contributed by atoms with E-state index in [1.807, 2.05) is 40.0 Å². The normalized spacial score (nSPS) is 18.2. The monoisotopic (exact) mass is 478 g/mol. The van der Waals surface area contributed by atoms with Crippen molar-refractivity contribution in [1.29, 1.82) is 0 Å². The smallest absolute Gasteiger partial charge is 0.245 e. The molecule has 0 bridgehead atoms. The van der Waals surface area contributed by atoms with E-state index in [9.17, 15) is 8.78 Å². The highest BCUT2D eigenvalue weighted by Crippen LogP contribution is 2.38. The van der Waals surface area contributed by atoms with Crippen LogP contribution in [0, 0.1) is 24.2 Å². The largest absolute Gasteiger partial charge is 0.330 e. The van der Waals surface area contributed by atoms with Gasteiger partial charge < -0.3 is 5.73 Å². The highest BCUT2D eigenvalue weighted by Gasteiger charge is 2.28. The molecule has 0 aromatic heterocycles. The van der Waals surface area contributed by atoms with Crippen LogP contribution in [-0.4, -0.2) is 18.7 Å². The maximum Gasteiger partial charge on any atom is 0.245 e. The maximum absolute atomic E-state index is 11.9. The lowest BCUT2D eigenvalue weighted by Crippen LogP contribution is -2.30. The molecule has 0 radical (unpaired) electrons. The van der Waals surface area contributed by atoms with E-state index in [2.05, 4.69) is 50.4 Å². The third-order valence-corrected chi connectivity index (χ3v) is 5.36. The molecule has 0 aromatic rings. The minimum Gasteiger partial charge on any atom is -0.330 e. The van der Waals surface area contributed by atoms with Crippen molar-refractivity contribution in [3.63, 3.8) is 0 Å². The second kappa shape index (κ2) is 24.1. The van der Waals surface area contributed by atoms with Crippen LogP contribution >= 0.6 is 0 Å². The summed E-state index contributed by atoms with van der Waals surface area (Å²) in [6.07, 6.45) is 20.9. The Morgan fingerprint density at radius 3 is 1.97 bits per heavy atom. The number of hydrogen-bond acceptors (Lipinski definition) is 2. The molecule has 0 heterocycles. The molecule has 1 aliphatic rings. The van der Waals surface area contributed by atoms with Crippen molar-refractivity contribution in [3.8, 4) is 12.3 Å². The lowest BCUT2D eigenvalue weighted by atomic mass is 9.72. The molecular weight excluding hydrogens is 426 g/mol. The SMILES string of the molecule is C#C/C(=C\C)CC.C=CCCC(C)(F)F.CC.CC=N/C(=C\C)C/C(=C\C)CC1CC(CN)C1. The highest BCUT2D eigenvalue weighted by molar-refractivity contribution is 5.55. The zero-order valence-corrected chi connectivity index (χ0v) is 23.3. The summed E-state index contributed by atoms with van der Waals surface area (Å²) in [4.78, 5) is 4.39. The van der Waals surface area contributed by atoms with Crippen LogP contribution in [-0.2, 0) is 0 Å². The van der Waals surface area contributed by atoms with Gasteiger partial charge in [-0.1, -0.05) is 56.6 Å². The van der Waals surface area contributed by atoms with Gasteiger partial charge in [0.2, 0.25) is 5.92 Å². The first-order chi connectivity index (χ1) is 16.1. The molecule has 0 aliphatic heterocycles. The second-order valence-corrected chi connectivity index (χ2v) is 8.14. The molecule has 0 atom stereocenters. The van der Waals surface area contributed by atoms with Crippen LogP contribution in [0.25, 0.3) is 0 Å². The van der Waals surface area contributed by atoms with Crippen molar-refractivity contribution in [2.75, 3.05) is 6.54 Å². The number of allylic oxidation sites excluding steroid dienone is 6. The summed E-state index contributed by atoms with van der Waals surface area (Å²) in [7, 11) is 0. The van der Waals surface area contributed by atoms with Gasteiger partial charge in [-0.3, -0.25) is 4.99 Å². The fourth-order valence-corrected chi connectivity index (χ4v) is 3.26. The molecule has 34 heavy (non-hydrogen) atoms. The van der Waals surface area contributed by atoms with Gasteiger partial charge in [-0.25, -0.2) is 8.78 Å². The third-order valence-electron chi connectivity index (χ3n) is 5.36. The molecule has 1 saturated carbocycles. The Bertz CT molecular complexity index is 652. The van der Waals surface area contributed by atoms with Gasteiger partial charge in [0, 0.05) is 24.8 Å². The van der Waals surface area contributed by atoms with E-state index in [1.165, 1.54) is 36.6 Å². The Morgan fingerprint density at radius 1 is 1.12 bits per heavy atom. The number of terminal acetylenes is 1. The van der Waals surface area contributed by atoms with Crippen molar-refractivity contribution in [3.05, 3.63) is 47.7 Å². The molecule has 0 saturated heterocycles. The summed E-state index contributed by atoms with van der Waals surface area (Å²) in [5.74, 6) is 1.69. The Kier molecular flexibility index (Phi) is 26.0. The number of nitrogens with two attached hydrogens (primary N) is 1. The standard InChI is InChI=1S/C15H26N2.C7H10.C6H10F2.C2H6/c1-4-12(10-15(5-2)17-6-3)7-13-8-14(9-13)11-16;1-4-7(5-2)6-3;1-3-4-5-6(2,7)8;1-2/h4-6,13-14H,7-11,16H2,1-3H3;1,5H,6H2,2-3H3;3H,1,4-5H2,2H3;1-2H3/b12-4-,15-5-,17-6?;7-5+;;. The van der Waals surface area contributed by atoms with Gasteiger partial charge in [0.05, 0.1) is 0 Å². The van der Waals surface area contributed by atoms with Crippen LogP contribution in [0.3, 0.4) is 0 Å². The second-order valence-electron chi connectivity index (χ2n) is 8.14. The van der Waals surface area contributed by atoms with E-state index in [1.54, 1.807) is 0 Å². The fourth-order valence-electron chi connectivity index (χ4n) is 3.26. The molecule has 0 amide bonds. The molecule has 1 fully saturated rings. The van der Waals surface area contributed by atoms with E-state index in [4.69, 9.17) is 12.2 Å². The average molecular weight is 479 g/mol. The molecule has 0 unspecified atom stereocenters. The molecule has 2 nitrogen and oxygen atoms in total. The Hall–Kier alpha value is -1.99. The number of hydrogen-bond donors (Lipinski definition) is 1. The Labute approximate surface area is 210 Å². The van der Waals surface area contributed by atoms with Gasteiger partial charge in [0.15, 0.2) is 0 Å². The summed E-state index contributed by atoms with van der Waals surface area (Å²) in [5, 5.41) is 0. The van der Waals surface area contributed by atoms with Crippen molar-refractivity contribution in [2.45, 2.75) is 106 Å². The zero-order valence-electron chi connectivity index (χ0n) is 23.3. The summed E-state index contributed by atoms with van der Waals surface area (Å²) < 4.78 is 23.7. The predicted octanol–water partition coefficient (Wildman–Crippen LogP) is 9.30. The molecule has 2 N–H and O–H groups in total. The molecular formula is C30H52F2N2. The van der Waals surface area contributed by atoms with Gasteiger partial charge >= 0.3 is 0 Å². The first kappa shape index (κ1) is 36.6. The summed E-state index contributed by atoms with van der Waals surface area (Å²) in [6.45, 7) is 19.3. The van der Waals surface area contributed by atoms with Crippen LogP contribution in [0.15, 0.2) is 52.7 Å². The average Bonchev–Trinajstić information content (AvgIpc) is 2.81. The number of halogens is 2. The molecule has 0 aromatic carbocycles. The van der Waals surface area contributed by atoms with Crippen LogP contribution in [0.1, 0.15) is 100 Å². The summed E-state index contributed by atoms with van der Waals surface area (Å²) >= 11 is 0. The van der Waals surface area contributed by atoms with Crippen molar-refractivity contribution in [1.82, 2.24) is 0 Å². The number of alkyl halides is 2. The molecule has 4 heteroatoms. The third kappa shape index (κ3) is 21.8. The van der Waals surface area contributed by atoms with Gasteiger partial charge in [0.1, 0.15) is 0 Å². The van der Waals surface area contributed by atoms with E-state index < -0.39 is 5.92 Å². The van der Waals surface area contributed by atoms with Crippen LogP contribution in [0.2, 0.25) is 0 Å². The Balaban J connectivity index is -0.000000472. The zero-order chi connectivity index (χ0) is 27.0. The number of aliphatic imine (C=N–C) groups is 1. The topological polar surface area (TPSA) is 38.4 Å². The van der Waals surface area contributed by atoms with Crippen molar-refractivity contribution >= 4 is 6.21 Å². The number of rotatable bonds is 10. The first-order valence-electron chi connectivity index (χ1n) is 12.7. The summed E-state index contributed by atoms with van der Waals surface area (Å²) in [6, 6.07) is 0. The van der Waals surface area contributed by atoms with E-state index in [0.29, 0.717) is 6.42 Å². The summed E-state index contributed by atoms with van der Waals surface area (Å²) in [5.41, 5.74) is 9.44. The maximum atomic E-state index is 11.9. The van der Waals surface area contributed by atoms with Crippen LogP contribution in [0.4, 0.5) is 8.78 Å². The van der Waals surface area contributed by atoms with Gasteiger partial charge in [-0.15, -0.1) is 13.0 Å². The van der Waals surface area contributed by atoms with Crippen LogP contribution in [0.5, 0.6) is 0 Å². The lowest BCUT2D eigenvalue weighted by molar-refractivity contribution is 0.0140.